The molecule has 2 aliphatic heterocycles. The lowest BCUT2D eigenvalue weighted by molar-refractivity contribution is -0.154. The van der Waals surface area contributed by atoms with E-state index in [1.54, 1.807) is 12.1 Å². The number of nitrogens with zero attached hydrogens (tertiary/aromatic N) is 3. The summed E-state index contributed by atoms with van der Waals surface area (Å²) in [5.41, 5.74) is -0.413. The number of likely N-dealkylation sites (N-methyl/N-ethyl adjacent to an activating group) is 1. The lowest BCUT2D eigenvalue weighted by atomic mass is 9.91. The van der Waals surface area contributed by atoms with Crippen LogP contribution in [-0.2, 0) is 56.6 Å². The lowest BCUT2D eigenvalue weighted by Crippen LogP contribution is -2.48. The van der Waals surface area contributed by atoms with E-state index in [1.165, 1.54) is 33.9 Å². The van der Waals surface area contributed by atoms with E-state index < -0.39 is 98.9 Å². The third-order valence-electron chi connectivity index (χ3n) is 11.3. The van der Waals surface area contributed by atoms with E-state index in [2.05, 4.69) is 17.9 Å². The Labute approximate surface area is 314 Å². The summed E-state index contributed by atoms with van der Waals surface area (Å²) in [4.78, 5) is 85.1. The van der Waals surface area contributed by atoms with Crippen LogP contribution in [0.15, 0.2) is 43.5 Å². The molecule has 5 atom stereocenters. The number of likely N-dealkylation sites (tertiary alicyclic amines) is 1. The van der Waals surface area contributed by atoms with E-state index in [1.807, 2.05) is 0 Å². The second-order valence-electron chi connectivity index (χ2n) is 15.2. The summed E-state index contributed by atoms with van der Waals surface area (Å²) >= 11 is 0. The van der Waals surface area contributed by atoms with Crippen LogP contribution in [0.4, 0.5) is 9.18 Å². The van der Waals surface area contributed by atoms with Gasteiger partial charge in [0.25, 0.3) is 0 Å². The van der Waals surface area contributed by atoms with Crippen molar-refractivity contribution in [3.05, 3.63) is 60.5 Å². The number of hydrogen-bond acceptors (Lipinski definition) is 10. The minimum absolute atomic E-state index is 0.0300. The molecular weight excluding hydrogens is 724 g/mol. The maximum absolute atomic E-state index is 14.5. The summed E-state index contributed by atoms with van der Waals surface area (Å²) in [6, 6.07) is 3.33. The number of rotatable bonds is 15. The van der Waals surface area contributed by atoms with Crippen molar-refractivity contribution in [2.75, 3.05) is 20.1 Å². The lowest BCUT2D eigenvalue weighted by Gasteiger charge is -2.30. The van der Waals surface area contributed by atoms with Gasteiger partial charge in [-0.15, -0.1) is 6.58 Å². The number of sulfonamides is 1. The Morgan fingerprint density at radius 2 is 1.78 bits per heavy atom. The Bertz CT molecular complexity index is 1840. The Morgan fingerprint density at radius 1 is 1.06 bits per heavy atom. The monoisotopic (exact) mass is 770 g/mol. The third kappa shape index (κ3) is 8.37. The van der Waals surface area contributed by atoms with Crippen molar-refractivity contribution in [3.63, 3.8) is 0 Å². The summed E-state index contributed by atoms with van der Waals surface area (Å²) in [6.45, 7) is 6.86. The highest BCUT2D eigenvalue weighted by molar-refractivity contribution is 7.90. The van der Waals surface area contributed by atoms with E-state index in [4.69, 9.17) is 9.47 Å². The number of allylic oxidation sites excluding steroid dienone is 1. The molecular formula is C38H47FN4O10S. The van der Waals surface area contributed by atoms with Crippen molar-refractivity contribution in [2.24, 2.45) is 17.3 Å². The van der Waals surface area contributed by atoms with E-state index in [0.717, 1.165) is 18.9 Å². The molecule has 0 spiro atoms. The van der Waals surface area contributed by atoms with Crippen LogP contribution in [0.2, 0.25) is 0 Å². The summed E-state index contributed by atoms with van der Waals surface area (Å²) in [7, 11) is -2.48. The van der Waals surface area contributed by atoms with Crippen molar-refractivity contribution < 1.29 is 51.0 Å². The minimum Gasteiger partial charge on any atom is -0.462 e. The third-order valence-corrected chi connectivity index (χ3v) is 13.2. The second-order valence-corrected chi connectivity index (χ2v) is 17.2. The smallest absolute Gasteiger partial charge is 0.410 e. The van der Waals surface area contributed by atoms with E-state index in [9.17, 15) is 41.6 Å². The first-order valence-electron chi connectivity index (χ1n) is 18.5. The van der Waals surface area contributed by atoms with Crippen LogP contribution in [0.1, 0.15) is 75.3 Å². The fraction of sp³-hybridized carbons (Fsp3) is 0.579. The van der Waals surface area contributed by atoms with Crippen LogP contribution in [0, 0.1) is 23.1 Å². The van der Waals surface area contributed by atoms with Gasteiger partial charge in [-0.05, 0) is 68.6 Å². The molecule has 5 aliphatic rings. The van der Waals surface area contributed by atoms with Crippen molar-refractivity contribution in [1.82, 2.24) is 19.4 Å². The number of Topliss-reactive ketones (excluding diaryl/α,β-unsaturated/α-hetero) is 1. The molecule has 4 amide bonds. The van der Waals surface area contributed by atoms with Crippen LogP contribution >= 0.6 is 0 Å². The van der Waals surface area contributed by atoms with E-state index >= 15 is 0 Å². The first-order chi connectivity index (χ1) is 25.6. The van der Waals surface area contributed by atoms with Crippen LogP contribution in [-0.4, -0.2) is 102 Å². The molecule has 0 radical (unpaired) electrons. The second kappa shape index (κ2) is 15.6. The average molecular weight is 771 g/mol. The molecule has 0 bridgehead atoms. The molecule has 3 aliphatic carbocycles. The Morgan fingerprint density at radius 3 is 2.41 bits per heavy atom. The van der Waals surface area contributed by atoms with Gasteiger partial charge in [-0.3, -0.25) is 33.6 Å². The number of benzene rings is 1. The zero-order valence-corrected chi connectivity index (χ0v) is 31.2. The Balaban J connectivity index is 1.23. The quantitative estimate of drug-likeness (QED) is 0.158. The molecule has 6 rings (SSSR count). The van der Waals surface area contributed by atoms with Crippen molar-refractivity contribution in [3.8, 4) is 0 Å². The number of amides is 4. The first kappa shape index (κ1) is 39.1. The molecule has 1 saturated heterocycles. The highest BCUT2D eigenvalue weighted by Gasteiger charge is 2.61. The van der Waals surface area contributed by atoms with E-state index in [0.29, 0.717) is 36.8 Å². The topological polar surface area (TPSA) is 177 Å². The zero-order chi connectivity index (χ0) is 38.9. The number of ether oxygens (including phenoxy) is 2. The van der Waals surface area contributed by atoms with E-state index in [-0.39, 0.29) is 45.1 Å². The molecule has 16 heteroatoms. The van der Waals surface area contributed by atoms with Gasteiger partial charge in [0.15, 0.2) is 5.78 Å². The standard InChI is InChI=1S/C38H47FN4O10S/c1-4-25-17-38(25,36(48)40-54(50,51)28-13-14-28)18-32(44)31-16-27(53-37(49)42-20-23-9-8-12-30(39)29(23)22-42)21-43(31)35(47)24(19-41(3)33(45)5-2)15-34(46)52-26-10-6-7-11-26/h4-5,8-9,12,24-28,31H,1-2,6-7,10-11,13-22H2,3H3,(H,40,48)/t24-,25+,27?,31-,38+/m0/s1. The van der Waals surface area contributed by atoms with Gasteiger partial charge in [-0.2, -0.15) is 0 Å². The van der Waals surface area contributed by atoms with Crippen molar-refractivity contribution in [1.29, 1.82) is 0 Å². The first-order valence-corrected chi connectivity index (χ1v) is 20.0. The molecule has 54 heavy (non-hydrogen) atoms. The van der Waals surface area contributed by atoms with Gasteiger partial charge in [-0.1, -0.05) is 24.8 Å². The molecule has 1 aromatic carbocycles. The van der Waals surface area contributed by atoms with Gasteiger partial charge in [0, 0.05) is 38.5 Å². The average Bonchev–Trinajstić information content (AvgIpc) is 3.93. The number of hydrogen-bond donors (Lipinski definition) is 1. The van der Waals surface area contributed by atoms with Crippen molar-refractivity contribution in [2.45, 2.75) is 101 Å². The molecule has 14 nitrogen and oxygen atoms in total. The molecule has 4 fully saturated rings. The normalized spacial score (nSPS) is 25.3. The van der Waals surface area contributed by atoms with Crippen LogP contribution in [0.25, 0.3) is 0 Å². The van der Waals surface area contributed by atoms with Gasteiger partial charge >= 0.3 is 12.1 Å². The van der Waals surface area contributed by atoms with Gasteiger partial charge in [0.05, 0.1) is 42.1 Å². The molecule has 3 saturated carbocycles. The maximum atomic E-state index is 14.5. The predicted molar refractivity (Wildman–Crippen MR) is 191 cm³/mol. The molecule has 0 aromatic heterocycles. The van der Waals surface area contributed by atoms with Crippen LogP contribution < -0.4 is 4.72 Å². The maximum Gasteiger partial charge on any atom is 0.410 e. The van der Waals surface area contributed by atoms with Crippen molar-refractivity contribution >= 4 is 45.6 Å². The van der Waals surface area contributed by atoms with Gasteiger partial charge in [0.1, 0.15) is 18.0 Å². The van der Waals surface area contributed by atoms with Gasteiger partial charge in [-0.25, -0.2) is 17.6 Å². The number of carbonyl (C=O) groups excluding carboxylic acids is 6. The van der Waals surface area contributed by atoms with Gasteiger partial charge < -0.3 is 19.3 Å². The van der Waals surface area contributed by atoms with Gasteiger partial charge in [0.2, 0.25) is 27.7 Å². The summed E-state index contributed by atoms with van der Waals surface area (Å²) in [6.07, 6.45) is 3.78. The highest BCUT2D eigenvalue weighted by Crippen LogP contribution is 2.57. The summed E-state index contributed by atoms with van der Waals surface area (Å²) in [5.74, 6) is -5.29. The largest absolute Gasteiger partial charge is 0.462 e. The number of halogens is 1. The Hall–Kier alpha value is -4.60. The fourth-order valence-electron chi connectivity index (χ4n) is 7.95. The summed E-state index contributed by atoms with van der Waals surface area (Å²) < 4.78 is 53.4. The molecule has 292 valence electrons. The molecule has 1 aromatic rings. The number of fused-ring (bicyclic) bond motifs is 1. The number of esters is 1. The molecule has 1 N–H and O–H groups in total. The number of carbonyl (C=O) groups is 6. The van der Waals surface area contributed by atoms with Crippen LogP contribution in [0.5, 0.6) is 0 Å². The molecule has 1 unspecified atom stereocenters. The highest BCUT2D eigenvalue weighted by atomic mass is 32.2. The van der Waals surface area contributed by atoms with Crippen LogP contribution in [0.3, 0.4) is 0 Å². The zero-order valence-electron chi connectivity index (χ0n) is 30.4. The number of nitrogens with one attached hydrogen (secondary N) is 1. The fourth-order valence-corrected chi connectivity index (χ4v) is 9.33. The number of ketones is 1. The Kier molecular flexibility index (Phi) is 11.3. The SMILES string of the molecule is C=CC(=O)N(C)C[C@H](CC(=O)OC1CCCC1)C(=O)N1CC(OC(=O)N2Cc3cccc(F)c3C2)C[C@H]1C(=O)C[C@]1(C(=O)NS(=O)(=O)C2CC2)C[C@H]1C=C. The predicted octanol–water partition coefficient (Wildman–Crippen LogP) is 3.14. The summed E-state index contributed by atoms with van der Waals surface area (Å²) in [5, 5.41) is -0.670. The molecule has 2 heterocycles. The minimum atomic E-state index is -3.92.